The van der Waals surface area contributed by atoms with E-state index in [0.717, 1.165) is 12.1 Å². The summed E-state index contributed by atoms with van der Waals surface area (Å²) in [4.78, 5) is 42.6. The molecule has 2 amide bonds. The number of benzene rings is 3. The van der Waals surface area contributed by atoms with Gasteiger partial charge < -0.3 is 21.5 Å². The number of aliphatic hydroxyl groups excluding tert-OH is 1. The minimum atomic E-state index is -4.48. The van der Waals surface area contributed by atoms with Crippen molar-refractivity contribution in [2.45, 2.75) is 44.3 Å². The maximum absolute atomic E-state index is 13.0. The second-order valence-corrected chi connectivity index (χ2v) is 10.9. The molecule has 5 N–H and O–H groups in total. The number of carbonyl (C=O) groups excluding carboxylic acids is 2. The normalized spacial score (nSPS) is 13.7. The Balaban J connectivity index is 1.50. The van der Waals surface area contributed by atoms with Crippen molar-refractivity contribution in [3.8, 4) is 11.1 Å². The van der Waals surface area contributed by atoms with Crippen LogP contribution in [-0.4, -0.2) is 45.2 Å². The summed E-state index contributed by atoms with van der Waals surface area (Å²) in [6, 6.07) is 12.2. The highest BCUT2D eigenvalue weighted by Crippen LogP contribution is 2.31. The van der Waals surface area contributed by atoms with Crippen molar-refractivity contribution in [1.82, 2.24) is 20.2 Å². The Morgan fingerprint density at radius 3 is 2.39 bits per heavy atom. The highest BCUT2D eigenvalue weighted by atomic mass is 35.5. The topological polar surface area (TPSA) is 139 Å². The Morgan fingerprint density at radius 1 is 1.05 bits per heavy atom. The molecule has 3 atom stereocenters. The van der Waals surface area contributed by atoms with Gasteiger partial charge in [-0.2, -0.15) is 13.2 Å². The van der Waals surface area contributed by atoms with Crippen molar-refractivity contribution in [3.05, 3.63) is 98.5 Å². The van der Waals surface area contributed by atoms with E-state index in [9.17, 15) is 32.7 Å². The third-order valence-electron chi connectivity index (χ3n) is 6.92. The summed E-state index contributed by atoms with van der Waals surface area (Å²) in [5.74, 6) is -1.11. The van der Waals surface area contributed by atoms with E-state index in [1.165, 1.54) is 42.1 Å². The number of fused-ring (bicyclic) bond motifs is 1. The average Bonchev–Trinajstić information content (AvgIpc) is 2.99. The summed E-state index contributed by atoms with van der Waals surface area (Å²) < 4.78 is 40.3. The summed E-state index contributed by atoms with van der Waals surface area (Å²) in [7, 11) is 0. The van der Waals surface area contributed by atoms with Crippen LogP contribution in [0.5, 0.6) is 0 Å². The molecule has 0 unspecified atom stereocenters. The van der Waals surface area contributed by atoms with E-state index in [1.54, 1.807) is 24.3 Å². The number of hydrogen-bond acceptors (Lipinski definition) is 6. The molecule has 4 aromatic rings. The highest BCUT2D eigenvalue weighted by molar-refractivity contribution is 6.42. The van der Waals surface area contributed by atoms with E-state index in [2.05, 4.69) is 15.6 Å². The maximum Gasteiger partial charge on any atom is 0.416 e. The number of aryl methyl sites for hydroxylation is 1. The molecule has 4 rings (SSSR count). The molecule has 9 nitrogen and oxygen atoms in total. The van der Waals surface area contributed by atoms with Gasteiger partial charge in [0.1, 0.15) is 6.04 Å². The van der Waals surface area contributed by atoms with Crippen LogP contribution in [0.25, 0.3) is 22.0 Å². The number of halogens is 5. The predicted molar refractivity (Wildman–Crippen MR) is 161 cm³/mol. The van der Waals surface area contributed by atoms with Gasteiger partial charge in [-0.3, -0.25) is 19.0 Å². The van der Waals surface area contributed by atoms with Crippen LogP contribution in [0.4, 0.5) is 13.2 Å². The van der Waals surface area contributed by atoms with Crippen LogP contribution in [0.3, 0.4) is 0 Å². The quantitative estimate of drug-likeness (QED) is 0.200. The number of nitrogens with one attached hydrogen (secondary N) is 2. The van der Waals surface area contributed by atoms with Crippen molar-refractivity contribution in [3.63, 3.8) is 0 Å². The molecule has 232 valence electrons. The molecule has 3 aromatic carbocycles. The number of aromatic nitrogens is 2. The van der Waals surface area contributed by atoms with Gasteiger partial charge in [0.2, 0.25) is 11.8 Å². The van der Waals surface area contributed by atoms with Crippen molar-refractivity contribution >= 4 is 45.9 Å². The summed E-state index contributed by atoms with van der Waals surface area (Å²) in [6.45, 7) is 1.27. The number of alkyl halides is 3. The molecule has 0 saturated heterocycles. The number of nitrogens with two attached hydrogens (primary N) is 1. The SMILES string of the molecule is C[C@@H](O)[C@H](N)C(=O)N[C@@H](CNC(=O)CCn1cnc2cc(Cl)c(Cl)cc2c1=O)c1cccc(-c2ccc(C(F)(F)F)cc2)c1. The average molecular weight is 650 g/mol. The summed E-state index contributed by atoms with van der Waals surface area (Å²) in [6.07, 6.45) is -4.43. The molecule has 44 heavy (non-hydrogen) atoms. The van der Waals surface area contributed by atoms with Crippen molar-refractivity contribution in [1.29, 1.82) is 0 Å². The second kappa shape index (κ2) is 13.8. The zero-order valence-electron chi connectivity index (χ0n) is 23.2. The van der Waals surface area contributed by atoms with Crippen LogP contribution >= 0.6 is 23.2 Å². The number of carbonyl (C=O) groups is 2. The first-order valence-corrected chi connectivity index (χ1v) is 14.1. The van der Waals surface area contributed by atoms with Crippen LogP contribution in [0, 0.1) is 0 Å². The van der Waals surface area contributed by atoms with E-state index in [1.807, 2.05) is 0 Å². The van der Waals surface area contributed by atoms with Gasteiger partial charge in [-0.1, -0.05) is 53.5 Å². The summed E-state index contributed by atoms with van der Waals surface area (Å²) >= 11 is 12.0. The lowest BCUT2D eigenvalue weighted by molar-refractivity contribution is -0.137. The first kappa shape index (κ1) is 32.9. The Kier molecular flexibility index (Phi) is 10.3. The molecular weight excluding hydrogens is 622 g/mol. The van der Waals surface area contributed by atoms with Crippen LogP contribution in [0.2, 0.25) is 10.0 Å². The molecule has 14 heteroatoms. The fraction of sp³-hybridized carbons (Fsp3) is 0.267. The minimum absolute atomic E-state index is 0.00118. The number of aliphatic hydroxyl groups is 1. The van der Waals surface area contributed by atoms with Gasteiger partial charge in [0, 0.05) is 19.5 Å². The number of amides is 2. The lowest BCUT2D eigenvalue weighted by Gasteiger charge is -2.23. The van der Waals surface area contributed by atoms with E-state index < -0.39 is 47.3 Å². The highest BCUT2D eigenvalue weighted by Gasteiger charge is 2.30. The molecule has 0 aliphatic heterocycles. The summed E-state index contributed by atoms with van der Waals surface area (Å²) in [5, 5.41) is 15.9. The summed E-state index contributed by atoms with van der Waals surface area (Å²) in [5.41, 5.74) is 6.58. The van der Waals surface area contributed by atoms with Gasteiger partial charge in [0.25, 0.3) is 5.56 Å². The molecule has 0 bridgehead atoms. The minimum Gasteiger partial charge on any atom is -0.391 e. The molecule has 0 radical (unpaired) electrons. The van der Waals surface area contributed by atoms with Gasteiger partial charge in [-0.25, -0.2) is 4.98 Å². The standard InChI is InChI=1S/C30H28Cl2F3N5O4/c1-16(41)27(36)28(43)39-25(19-4-2-3-18(11-19)17-5-7-20(8-6-17)30(33,34)35)14-37-26(42)9-10-40-15-38-24-13-23(32)22(31)12-21(24)29(40)44/h2-8,11-13,15-16,25,27,41H,9-10,14,36H2,1H3,(H,37,42)(H,39,43)/t16-,25+,27+/m1/s1. The number of hydrogen-bond donors (Lipinski definition) is 4. The molecule has 1 heterocycles. The number of rotatable bonds is 10. The van der Waals surface area contributed by atoms with Crippen LogP contribution in [0.15, 0.2) is 71.8 Å². The van der Waals surface area contributed by atoms with Crippen molar-refractivity contribution in [2.24, 2.45) is 5.73 Å². The van der Waals surface area contributed by atoms with Gasteiger partial charge in [-0.05, 0) is 53.9 Å². The lowest BCUT2D eigenvalue weighted by Crippen LogP contribution is -2.49. The van der Waals surface area contributed by atoms with E-state index in [-0.39, 0.29) is 34.9 Å². The van der Waals surface area contributed by atoms with E-state index >= 15 is 0 Å². The third-order valence-corrected chi connectivity index (χ3v) is 7.64. The van der Waals surface area contributed by atoms with E-state index in [0.29, 0.717) is 22.2 Å². The number of nitrogens with zero attached hydrogens (tertiary/aromatic N) is 2. The van der Waals surface area contributed by atoms with Crippen LogP contribution in [0.1, 0.15) is 30.5 Å². The zero-order chi connectivity index (χ0) is 32.2. The largest absolute Gasteiger partial charge is 0.416 e. The Labute approximate surface area is 259 Å². The molecule has 0 fully saturated rings. The second-order valence-electron chi connectivity index (χ2n) is 10.1. The maximum atomic E-state index is 13.0. The third kappa shape index (κ3) is 7.94. The Morgan fingerprint density at radius 2 is 1.73 bits per heavy atom. The monoisotopic (exact) mass is 649 g/mol. The first-order chi connectivity index (χ1) is 20.7. The smallest absolute Gasteiger partial charge is 0.391 e. The first-order valence-electron chi connectivity index (χ1n) is 13.4. The van der Waals surface area contributed by atoms with Crippen LogP contribution < -0.4 is 21.9 Å². The Hall–Kier alpha value is -3.97. The predicted octanol–water partition coefficient (Wildman–Crippen LogP) is 4.46. The lowest BCUT2D eigenvalue weighted by atomic mass is 9.98. The fourth-order valence-electron chi connectivity index (χ4n) is 4.36. The van der Waals surface area contributed by atoms with Gasteiger partial charge in [-0.15, -0.1) is 0 Å². The van der Waals surface area contributed by atoms with Crippen molar-refractivity contribution in [2.75, 3.05) is 6.54 Å². The van der Waals surface area contributed by atoms with E-state index in [4.69, 9.17) is 28.9 Å². The molecule has 0 spiro atoms. The van der Waals surface area contributed by atoms with Gasteiger partial charge in [0.15, 0.2) is 0 Å². The van der Waals surface area contributed by atoms with Gasteiger partial charge in [0.05, 0.1) is 45.0 Å². The van der Waals surface area contributed by atoms with Gasteiger partial charge >= 0.3 is 6.18 Å². The molecule has 0 aliphatic carbocycles. The molecule has 0 saturated carbocycles. The zero-order valence-corrected chi connectivity index (χ0v) is 24.7. The van der Waals surface area contributed by atoms with Crippen LogP contribution in [-0.2, 0) is 22.3 Å². The fourth-order valence-corrected chi connectivity index (χ4v) is 4.69. The molecular formula is C30H28Cl2F3N5O4. The van der Waals surface area contributed by atoms with Crippen molar-refractivity contribution < 1.29 is 27.9 Å². The molecule has 1 aromatic heterocycles. The Bertz CT molecular complexity index is 1730. The molecule has 0 aliphatic rings.